The number of hydrogen-bond donors (Lipinski definition) is 0. The zero-order valence-electron chi connectivity index (χ0n) is 10.6. The molecule has 0 amide bonds. The molecule has 0 radical (unpaired) electrons. The number of aryl methyl sites for hydroxylation is 1. The monoisotopic (exact) mass is 239 g/mol. The van der Waals surface area contributed by atoms with Gasteiger partial charge in [-0.2, -0.15) is 0 Å². The van der Waals surface area contributed by atoms with Gasteiger partial charge in [0, 0.05) is 31.1 Å². The lowest BCUT2D eigenvalue weighted by Gasteiger charge is -2.16. The van der Waals surface area contributed by atoms with Gasteiger partial charge in [-0.3, -0.25) is 4.79 Å². The van der Waals surface area contributed by atoms with Crippen molar-refractivity contribution in [1.82, 2.24) is 4.57 Å². The van der Waals surface area contributed by atoms with Crippen LogP contribution in [0.25, 0.3) is 0 Å². The molecule has 1 aromatic heterocycles. The summed E-state index contributed by atoms with van der Waals surface area (Å²) in [5.74, 6) is -0.598. The zero-order valence-corrected chi connectivity index (χ0v) is 10.6. The molecule has 5 nitrogen and oxygen atoms in total. The molecule has 0 fully saturated rings. The van der Waals surface area contributed by atoms with Crippen LogP contribution in [0, 0.1) is 13.8 Å². The van der Waals surface area contributed by atoms with E-state index < -0.39 is 5.97 Å². The number of methoxy groups -OCH3 is 2. The molecule has 0 N–H and O–H groups in total. The number of rotatable bonds is 4. The number of carbonyl (C=O) groups is 1. The number of ether oxygens (including phenoxy) is 2. The van der Waals surface area contributed by atoms with Crippen LogP contribution in [0.5, 0.6) is 0 Å². The maximum Gasteiger partial charge on any atom is 0.343 e. The van der Waals surface area contributed by atoms with E-state index in [4.69, 9.17) is 4.74 Å². The Bertz CT molecular complexity index is 476. The number of aromatic nitrogens is 1. The minimum atomic E-state index is -0.598. The summed E-state index contributed by atoms with van der Waals surface area (Å²) in [6.07, 6.45) is 0. The van der Waals surface area contributed by atoms with Crippen LogP contribution in [0.1, 0.15) is 21.7 Å². The standard InChI is InChI=1S/C12H17NO4/c1-8-7-10(14)11(12(15)17-4)9(2)13(8)5-6-16-3/h7H,5-6H2,1-4H3. The van der Waals surface area contributed by atoms with Gasteiger partial charge >= 0.3 is 5.97 Å². The Morgan fingerprint density at radius 3 is 2.53 bits per heavy atom. The van der Waals surface area contributed by atoms with Gasteiger partial charge in [-0.25, -0.2) is 4.79 Å². The van der Waals surface area contributed by atoms with Crippen LogP contribution in [0.3, 0.4) is 0 Å². The van der Waals surface area contributed by atoms with E-state index in [1.54, 1.807) is 14.0 Å². The summed E-state index contributed by atoms with van der Waals surface area (Å²) in [6.45, 7) is 4.67. The second-order valence-electron chi connectivity index (χ2n) is 3.75. The highest BCUT2D eigenvalue weighted by Crippen LogP contribution is 2.08. The third-order valence-electron chi connectivity index (χ3n) is 2.69. The Kier molecular flexibility index (Phi) is 4.45. The van der Waals surface area contributed by atoms with Crippen LogP contribution in [-0.4, -0.2) is 31.4 Å². The van der Waals surface area contributed by atoms with Gasteiger partial charge < -0.3 is 14.0 Å². The summed E-state index contributed by atoms with van der Waals surface area (Å²) in [4.78, 5) is 23.3. The molecule has 0 atom stereocenters. The first-order chi connectivity index (χ1) is 8.02. The maximum atomic E-state index is 11.7. The van der Waals surface area contributed by atoms with Crippen LogP contribution in [0.15, 0.2) is 10.9 Å². The lowest BCUT2D eigenvalue weighted by atomic mass is 10.1. The van der Waals surface area contributed by atoms with E-state index in [1.165, 1.54) is 13.2 Å². The van der Waals surface area contributed by atoms with Crippen molar-refractivity contribution < 1.29 is 14.3 Å². The first kappa shape index (κ1) is 13.4. The first-order valence-electron chi connectivity index (χ1n) is 5.31. The average Bonchev–Trinajstić information content (AvgIpc) is 2.28. The Labute approximate surface area is 100.0 Å². The van der Waals surface area contributed by atoms with E-state index in [0.717, 1.165) is 5.69 Å². The SMILES string of the molecule is COCCn1c(C)cc(=O)c(C(=O)OC)c1C. The van der Waals surface area contributed by atoms with E-state index in [-0.39, 0.29) is 11.0 Å². The number of esters is 1. The van der Waals surface area contributed by atoms with E-state index in [0.29, 0.717) is 18.8 Å². The number of pyridine rings is 1. The van der Waals surface area contributed by atoms with Crippen LogP contribution in [-0.2, 0) is 16.0 Å². The number of hydrogen-bond acceptors (Lipinski definition) is 4. The van der Waals surface area contributed by atoms with Gasteiger partial charge in [-0.1, -0.05) is 0 Å². The van der Waals surface area contributed by atoms with Gasteiger partial charge in [0.05, 0.1) is 13.7 Å². The predicted octanol–water partition coefficient (Wildman–Crippen LogP) is 0.898. The summed E-state index contributed by atoms with van der Waals surface area (Å²) in [7, 11) is 2.87. The molecule has 94 valence electrons. The third-order valence-corrected chi connectivity index (χ3v) is 2.69. The molecule has 1 aromatic rings. The molecule has 17 heavy (non-hydrogen) atoms. The summed E-state index contributed by atoms with van der Waals surface area (Å²) in [6, 6.07) is 1.44. The van der Waals surface area contributed by atoms with Crippen molar-refractivity contribution in [2.24, 2.45) is 0 Å². The van der Waals surface area contributed by atoms with Crippen LogP contribution < -0.4 is 5.43 Å². The van der Waals surface area contributed by atoms with Crippen molar-refractivity contribution >= 4 is 5.97 Å². The van der Waals surface area contributed by atoms with Gasteiger partial charge in [0.2, 0.25) is 0 Å². The van der Waals surface area contributed by atoms with Crippen molar-refractivity contribution in [2.45, 2.75) is 20.4 Å². The molecular weight excluding hydrogens is 222 g/mol. The second kappa shape index (κ2) is 5.63. The molecule has 0 saturated heterocycles. The van der Waals surface area contributed by atoms with Crippen molar-refractivity contribution in [1.29, 1.82) is 0 Å². The minimum absolute atomic E-state index is 0.0919. The van der Waals surface area contributed by atoms with Gasteiger partial charge in [0.25, 0.3) is 0 Å². The van der Waals surface area contributed by atoms with E-state index in [1.807, 2.05) is 11.5 Å². The molecule has 0 aromatic carbocycles. The molecular formula is C12H17NO4. The summed E-state index contributed by atoms with van der Waals surface area (Å²) >= 11 is 0. The van der Waals surface area contributed by atoms with Crippen LogP contribution >= 0.6 is 0 Å². The third kappa shape index (κ3) is 2.74. The largest absolute Gasteiger partial charge is 0.465 e. The summed E-state index contributed by atoms with van der Waals surface area (Å²) in [5, 5.41) is 0. The predicted molar refractivity (Wildman–Crippen MR) is 63.4 cm³/mol. The molecule has 0 spiro atoms. The number of nitrogens with zero attached hydrogens (tertiary/aromatic N) is 1. The van der Waals surface area contributed by atoms with E-state index >= 15 is 0 Å². The van der Waals surface area contributed by atoms with Gasteiger partial charge in [-0.15, -0.1) is 0 Å². The first-order valence-corrected chi connectivity index (χ1v) is 5.31. The minimum Gasteiger partial charge on any atom is -0.465 e. The molecule has 1 heterocycles. The topological polar surface area (TPSA) is 57.5 Å². The molecule has 0 bridgehead atoms. The van der Waals surface area contributed by atoms with Crippen molar-refractivity contribution in [3.63, 3.8) is 0 Å². The Balaban J connectivity index is 3.32. The smallest absolute Gasteiger partial charge is 0.343 e. The lowest BCUT2D eigenvalue weighted by Crippen LogP contribution is -2.24. The fourth-order valence-corrected chi connectivity index (χ4v) is 1.79. The normalized spacial score (nSPS) is 10.4. The molecule has 0 aliphatic rings. The van der Waals surface area contributed by atoms with E-state index in [9.17, 15) is 9.59 Å². The fraction of sp³-hybridized carbons (Fsp3) is 0.500. The maximum absolute atomic E-state index is 11.7. The van der Waals surface area contributed by atoms with Crippen LogP contribution in [0.4, 0.5) is 0 Å². The molecule has 0 aliphatic heterocycles. The Morgan fingerprint density at radius 2 is 2.00 bits per heavy atom. The number of carbonyl (C=O) groups excluding carboxylic acids is 1. The molecule has 5 heteroatoms. The molecule has 0 saturated carbocycles. The highest BCUT2D eigenvalue weighted by molar-refractivity contribution is 5.90. The fourth-order valence-electron chi connectivity index (χ4n) is 1.79. The molecule has 0 aliphatic carbocycles. The zero-order chi connectivity index (χ0) is 13.0. The average molecular weight is 239 g/mol. The van der Waals surface area contributed by atoms with Gasteiger partial charge in [-0.05, 0) is 13.8 Å². The lowest BCUT2D eigenvalue weighted by molar-refractivity contribution is 0.0597. The Hall–Kier alpha value is -1.62. The van der Waals surface area contributed by atoms with Crippen molar-refractivity contribution in [3.8, 4) is 0 Å². The highest BCUT2D eigenvalue weighted by atomic mass is 16.5. The van der Waals surface area contributed by atoms with Gasteiger partial charge in [0.15, 0.2) is 5.43 Å². The highest BCUT2D eigenvalue weighted by Gasteiger charge is 2.17. The van der Waals surface area contributed by atoms with E-state index in [2.05, 4.69) is 4.74 Å². The molecule has 1 rings (SSSR count). The van der Waals surface area contributed by atoms with Crippen molar-refractivity contribution in [2.75, 3.05) is 20.8 Å². The summed E-state index contributed by atoms with van der Waals surface area (Å²) in [5.41, 5.74) is 1.20. The van der Waals surface area contributed by atoms with Gasteiger partial charge in [0.1, 0.15) is 5.56 Å². The second-order valence-corrected chi connectivity index (χ2v) is 3.75. The van der Waals surface area contributed by atoms with Crippen LogP contribution in [0.2, 0.25) is 0 Å². The Morgan fingerprint density at radius 1 is 1.35 bits per heavy atom. The summed E-state index contributed by atoms with van der Waals surface area (Å²) < 4.78 is 11.5. The van der Waals surface area contributed by atoms with Crippen molar-refractivity contribution in [3.05, 3.63) is 33.2 Å². The molecule has 0 unspecified atom stereocenters. The quantitative estimate of drug-likeness (QED) is 0.732.